The molecule has 0 unspecified atom stereocenters. The zero-order chi connectivity index (χ0) is 7.82. The third kappa shape index (κ3) is 4.68. The van der Waals surface area contributed by atoms with E-state index in [1.54, 1.807) is 12.2 Å². The van der Waals surface area contributed by atoms with Gasteiger partial charge in [-0.2, -0.15) is 0 Å². The molecule has 0 bridgehead atoms. The summed E-state index contributed by atoms with van der Waals surface area (Å²) in [7, 11) is 0. The lowest BCUT2D eigenvalue weighted by molar-refractivity contribution is -0.113. The Morgan fingerprint density at radius 3 is 2.70 bits per heavy atom. The van der Waals surface area contributed by atoms with Gasteiger partial charge in [0.1, 0.15) is 0 Å². The van der Waals surface area contributed by atoms with Gasteiger partial charge in [0.2, 0.25) is 6.08 Å². The molecule has 0 fully saturated rings. The van der Waals surface area contributed by atoms with Crippen molar-refractivity contribution >= 4 is 12.0 Å². The summed E-state index contributed by atoms with van der Waals surface area (Å²) in [6.07, 6.45) is 7.26. The third-order valence-corrected chi connectivity index (χ3v) is 0.698. The average molecular weight is 137 g/mol. The number of isocyanates is 1. The van der Waals surface area contributed by atoms with E-state index in [1.165, 1.54) is 12.2 Å². The fourth-order valence-corrected chi connectivity index (χ4v) is 0.331. The van der Waals surface area contributed by atoms with Gasteiger partial charge in [0, 0.05) is 6.08 Å². The molecule has 0 saturated heterocycles. The molecule has 0 radical (unpaired) electrons. The standard InChI is InChI=1S/C7H7NO2/c1-2-3-4-5-7(10)8-6-9/h2-5H,1H3/b3-2+,5-4+. The van der Waals surface area contributed by atoms with Gasteiger partial charge in [-0.15, -0.1) is 4.99 Å². The molecule has 0 aromatic rings. The SMILES string of the molecule is C/C=C/C=C/C(=O)N=C=O. The van der Waals surface area contributed by atoms with Crippen LogP contribution in [0.2, 0.25) is 0 Å². The normalized spacial score (nSPS) is 10.1. The molecule has 0 rings (SSSR count). The summed E-state index contributed by atoms with van der Waals surface area (Å²) < 4.78 is 0. The summed E-state index contributed by atoms with van der Waals surface area (Å²) in [5, 5.41) is 0. The van der Waals surface area contributed by atoms with E-state index < -0.39 is 5.91 Å². The smallest absolute Gasteiger partial charge is 0.267 e. The van der Waals surface area contributed by atoms with Crippen molar-refractivity contribution in [3.8, 4) is 0 Å². The van der Waals surface area contributed by atoms with Gasteiger partial charge in [-0.05, 0) is 6.92 Å². The van der Waals surface area contributed by atoms with Crippen molar-refractivity contribution in [3.05, 3.63) is 24.3 Å². The first-order chi connectivity index (χ1) is 4.81. The Morgan fingerprint density at radius 2 is 2.20 bits per heavy atom. The van der Waals surface area contributed by atoms with E-state index in [-0.39, 0.29) is 0 Å². The zero-order valence-corrected chi connectivity index (χ0v) is 5.57. The monoisotopic (exact) mass is 137 g/mol. The highest BCUT2D eigenvalue weighted by Crippen LogP contribution is 1.79. The van der Waals surface area contributed by atoms with E-state index in [4.69, 9.17) is 0 Å². The Balaban J connectivity index is 3.89. The predicted molar refractivity (Wildman–Crippen MR) is 37.1 cm³/mol. The highest BCUT2D eigenvalue weighted by molar-refractivity contribution is 5.91. The molecule has 52 valence electrons. The van der Waals surface area contributed by atoms with Gasteiger partial charge in [-0.3, -0.25) is 4.79 Å². The molecule has 0 atom stereocenters. The number of hydrogen-bond donors (Lipinski definition) is 0. The number of rotatable bonds is 2. The maximum atomic E-state index is 10.4. The largest absolute Gasteiger partial charge is 0.280 e. The molecule has 0 heterocycles. The van der Waals surface area contributed by atoms with Gasteiger partial charge >= 0.3 is 0 Å². The summed E-state index contributed by atoms with van der Waals surface area (Å²) in [4.78, 5) is 22.7. The van der Waals surface area contributed by atoms with Crippen molar-refractivity contribution in [2.75, 3.05) is 0 Å². The topological polar surface area (TPSA) is 46.5 Å². The molecule has 0 aromatic heterocycles. The quantitative estimate of drug-likeness (QED) is 0.246. The second kappa shape index (κ2) is 5.66. The summed E-state index contributed by atoms with van der Waals surface area (Å²) in [6.45, 7) is 1.82. The maximum Gasteiger partial charge on any atom is 0.280 e. The van der Waals surface area contributed by atoms with Crippen LogP contribution in [0.15, 0.2) is 29.3 Å². The minimum absolute atomic E-state index is 0.590. The molecule has 3 nitrogen and oxygen atoms in total. The van der Waals surface area contributed by atoms with E-state index in [2.05, 4.69) is 4.99 Å². The molecular weight excluding hydrogens is 130 g/mol. The minimum Gasteiger partial charge on any atom is -0.267 e. The molecule has 0 spiro atoms. The number of carbonyl (C=O) groups is 1. The van der Waals surface area contributed by atoms with Crippen LogP contribution >= 0.6 is 0 Å². The third-order valence-electron chi connectivity index (χ3n) is 0.698. The first kappa shape index (κ1) is 8.53. The van der Waals surface area contributed by atoms with Crippen LogP contribution in [-0.4, -0.2) is 12.0 Å². The van der Waals surface area contributed by atoms with Crippen molar-refractivity contribution in [1.82, 2.24) is 0 Å². The van der Waals surface area contributed by atoms with Crippen LogP contribution in [0.3, 0.4) is 0 Å². The minimum atomic E-state index is -0.590. The maximum absolute atomic E-state index is 10.4. The second-order valence-electron chi connectivity index (χ2n) is 1.43. The molecule has 1 amide bonds. The number of amides is 1. The van der Waals surface area contributed by atoms with Crippen LogP contribution in [-0.2, 0) is 9.59 Å². The molecule has 0 aliphatic heterocycles. The molecular formula is C7H7NO2. The van der Waals surface area contributed by atoms with E-state index in [9.17, 15) is 9.59 Å². The lowest BCUT2D eigenvalue weighted by Gasteiger charge is -1.72. The fraction of sp³-hybridized carbons (Fsp3) is 0.143. The molecule has 0 aliphatic carbocycles. The number of hydrogen-bond acceptors (Lipinski definition) is 2. The number of carbonyl (C=O) groups excluding carboxylic acids is 2. The van der Waals surface area contributed by atoms with Crippen molar-refractivity contribution in [3.63, 3.8) is 0 Å². The summed E-state index contributed by atoms with van der Waals surface area (Å²) in [5.74, 6) is -0.590. The average Bonchev–Trinajstić information content (AvgIpc) is 1.89. The number of allylic oxidation sites excluding steroid dienone is 3. The zero-order valence-electron chi connectivity index (χ0n) is 5.57. The second-order valence-corrected chi connectivity index (χ2v) is 1.43. The first-order valence-electron chi connectivity index (χ1n) is 2.72. The van der Waals surface area contributed by atoms with Crippen molar-refractivity contribution < 1.29 is 9.59 Å². The molecule has 0 N–H and O–H groups in total. The van der Waals surface area contributed by atoms with Crippen LogP contribution < -0.4 is 0 Å². The Labute approximate surface area is 58.8 Å². The summed E-state index contributed by atoms with van der Waals surface area (Å²) in [6, 6.07) is 0. The van der Waals surface area contributed by atoms with Gasteiger partial charge in [-0.1, -0.05) is 18.2 Å². The highest BCUT2D eigenvalue weighted by atomic mass is 16.2. The van der Waals surface area contributed by atoms with Crippen molar-refractivity contribution in [2.24, 2.45) is 4.99 Å². The van der Waals surface area contributed by atoms with Gasteiger partial charge in [0.05, 0.1) is 0 Å². The van der Waals surface area contributed by atoms with Crippen molar-refractivity contribution in [2.45, 2.75) is 6.92 Å². The Morgan fingerprint density at radius 1 is 1.50 bits per heavy atom. The number of nitrogens with zero attached hydrogens (tertiary/aromatic N) is 1. The van der Waals surface area contributed by atoms with Crippen LogP contribution in [0.25, 0.3) is 0 Å². The van der Waals surface area contributed by atoms with Gasteiger partial charge in [0.15, 0.2) is 0 Å². The summed E-state index contributed by atoms with van der Waals surface area (Å²) in [5.41, 5.74) is 0. The Kier molecular flexibility index (Phi) is 4.83. The molecule has 0 aliphatic rings. The first-order valence-corrected chi connectivity index (χ1v) is 2.72. The van der Waals surface area contributed by atoms with E-state index in [0.717, 1.165) is 6.08 Å². The fourth-order valence-electron chi connectivity index (χ4n) is 0.331. The lowest BCUT2D eigenvalue weighted by Crippen LogP contribution is -1.82. The van der Waals surface area contributed by atoms with Gasteiger partial charge in [0.25, 0.3) is 5.91 Å². The number of aliphatic imine (C=N–C) groups is 1. The molecule has 3 heteroatoms. The Bertz CT molecular complexity index is 210. The van der Waals surface area contributed by atoms with Crippen LogP contribution in [0.1, 0.15) is 6.92 Å². The van der Waals surface area contributed by atoms with Crippen molar-refractivity contribution in [1.29, 1.82) is 0 Å². The van der Waals surface area contributed by atoms with Crippen LogP contribution in [0, 0.1) is 0 Å². The molecule has 0 saturated carbocycles. The van der Waals surface area contributed by atoms with Crippen LogP contribution in [0.5, 0.6) is 0 Å². The summed E-state index contributed by atoms with van der Waals surface area (Å²) >= 11 is 0. The Hall–Kier alpha value is -1.47. The lowest BCUT2D eigenvalue weighted by atomic mass is 10.4. The van der Waals surface area contributed by atoms with E-state index >= 15 is 0 Å². The van der Waals surface area contributed by atoms with E-state index in [0.29, 0.717) is 0 Å². The van der Waals surface area contributed by atoms with E-state index in [1.807, 2.05) is 6.92 Å². The van der Waals surface area contributed by atoms with Gasteiger partial charge in [-0.25, -0.2) is 4.79 Å². The van der Waals surface area contributed by atoms with Crippen LogP contribution in [0.4, 0.5) is 0 Å². The highest BCUT2D eigenvalue weighted by Gasteiger charge is 1.84. The molecule has 0 aromatic carbocycles. The van der Waals surface area contributed by atoms with Gasteiger partial charge < -0.3 is 0 Å². The predicted octanol–water partition coefficient (Wildman–Crippen LogP) is 0.981. The molecule has 10 heavy (non-hydrogen) atoms.